The Kier molecular flexibility index (Phi) is 4.69. The van der Waals surface area contributed by atoms with Gasteiger partial charge in [0.25, 0.3) is 0 Å². The Morgan fingerprint density at radius 3 is 2.59 bits per heavy atom. The average Bonchev–Trinajstić information content (AvgIpc) is 2.27. The number of hydrogen-bond acceptors (Lipinski definition) is 6. The molecule has 0 spiro atoms. The third-order valence-electron chi connectivity index (χ3n) is 2.42. The van der Waals surface area contributed by atoms with Crippen molar-refractivity contribution in [3.63, 3.8) is 0 Å². The molecule has 3 N–H and O–H groups in total. The molecule has 1 rings (SSSR count). The van der Waals surface area contributed by atoms with Crippen LogP contribution in [0.2, 0.25) is 0 Å². The van der Waals surface area contributed by atoms with Gasteiger partial charge in [-0.1, -0.05) is 0 Å². The van der Waals surface area contributed by atoms with Crippen molar-refractivity contribution in [3.05, 3.63) is 0 Å². The zero-order valence-corrected chi connectivity index (χ0v) is 10.2. The molecule has 0 radical (unpaired) electrons. The molecule has 0 aliphatic carbocycles. The lowest BCUT2D eigenvalue weighted by Crippen LogP contribution is -2.50. The van der Waals surface area contributed by atoms with E-state index >= 15 is 0 Å². The molecule has 0 aromatic rings. The van der Waals surface area contributed by atoms with Gasteiger partial charge in [0.1, 0.15) is 0 Å². The zero-order chi connectivity index (χ0) is 12.9. The lowest BCUT2D eigenvalue weighted by Gasteiger charge is -2.31. The minimum Gasteiger partial charge on any atom is -0.452 e. The summed E-state index contributed by atoms with van der Waals surface area (Å²) in [7, 11) is -2.95. The first-order chi connectivity index (χ1) is 7.87. The largest absolute Gasteiger partial charge is 0.452 e. The van der Waals surface area contributed by atoms with Crippen LogP contribution in [0.5, 0.6) is 0 Å². The van der Waals surface area contributed by atoms with Crippen molar-refractivity contribution >= 4 is 16.3 Å². The maximum absolute atomic E-state index is 11.3. The number of carbonyl (C=O) groups excluding carboxylic acids is 1. The number of methoxy groups -OCH3 is 1. The van der Waals surface area contributed by atoms with Crippen LogP contribution in [0.1, 0.15) is 12.8 Å². The van der Waals surface area contributed by atoms with E-state index in [9.17, 15) is 18.3 Å². The predicted molar refractivity (Wildman–Crippen MR) is 57.5 cm³/mol. The second-order valence-electron chi connectivity index (χ2n) is 3.75. The van der Waals surface area contributed by atoms with Crippen molar-refractivity contribution in [2.24, 2.45) is 0 Å². The summed E-state index contributed by atoms with van der Waals surface area (Å²) in [4.78, 5) is 10.7. The van der Waals surface area contributed by atoms with Crippen LogP contribution in [0.25, 0.3) is 0 Å². The summed E-state index contributed by atoms with van der Waals surface area (Å²) < 4.78 is 35.6. The van der Waals surface area contributed by atoms with Gasteiger partial charge in [-0.2, -0.15) is 13.1 Å². The molecule has 0 unspecified atom stereocenters. The number of carbonyl (C=O) groups is 1. The maximum Gasteiger partial charge on any atom is 0.421 e. The highest BCUT2D eigenvalue weighted by Crippen LogP contribution is 2.19. The lowest BCUT2D eigenvalue weighted by molar-refractivity contribution is -0.0589. The molecule has 0 aromatic heterocycles. The Bertz CT molecular complexity index is 362. The van der Waals surface area contributed by atoms with E-state index in [1.807, 2.05) is 0 Å². The van der Waals surface area contributed by atoms with Crippen LogP contribution < -0.4 is 9.44 Å². The van der Waals surface area contributed by atoms with E-state index in [0.29, 0.717) is 26.1 Å². The van der Waals surface area contributed by atoms with Gasteiger partial charge in [-0.25, -0.2) is 9.52 Å². The molecule has 0 aromatic carbocycles. The van der Waals surface area contributed by atoms with Gasteiger partial charge >= 0.3 is 16.3 Å². The molecular formula is C8H16N2O6S. The fourth-order valence-electron chi connectivity index (χ4n) is 1.34. The Labute approximate surface area is 99.5 Å². The van der Waals surface area contributed by atoms with Crippen LogP contribution in [-0.4, -0.2) is 52.1 Å². The average molecular weight is 268 g/mol. The first kappa shape index (κ1) is 14.2. The van der Waals surface area contributed by atoms with Crippen molar-refractivity contribution < 1.29 is 27.8 Å². The second kappa shape index (κ2) is 5.63. The van der Waals surface area contributed by atoms with E-state index in [1.54, 1.807) is 4.72 Å². The van der Waals surface area contributed by atoms with E-state index in [2.05, 4.69) is 9.46 Å². The van der Waals surface area contributed by atoms with Crippen LogP contribution in [0.15, 0.2) is 0 Å². The monoisotopic (exact) mass is 268 g/mol. The van der Waals surface area contributed by atoms with Gasteiger partial charge in [-0.3, -0.25) is 0 Å². The summed E-state index contributed by atoms with van der Waals surface area (Å²) >= 11 is 0. The number of ether oxygens (including phenoxy) is 2. The van der Waals surface area contributed by atoms with Crippen molar-refractivity contribution in [2.45, 2.75) is 18.4 Å². The normalized spacial score (nSPS) is 19.6. The molecule has 1 aliphatic rings. The summed E-state index contributed by atoms with van der Waals surface area (Å²) in [5.74, 6) is 0. The highest BCUT2D eigenvalue weighted by Gasteiger charge is 2.31. The molecule has 8 nitrogen and oxygen atoms in total. The van der Waals surface area contributed by atoms with Gasteiger partial charge in [-0.05, 0) is 0 Å². The molecule has 0 bridgehead atoms. The summed E-state index contributed by atoms with van der Waals surface area (Å²) in [6, 6.07) is 0. The standard InChI is InChI=1S/C8H16N2O6S/c1-15-7(11)10-17(13,14)9-6-8(12)2-4-16-5-3-8/h9,12H,2-6H2,1H3,(H,10,11). The number of nitrogens with one attached hydrogen (secondary N) is 2. The highest BCUT2D eigenvalue weighted by molar-refractivity contribution is 7.88. The van der Waals surface area contributed by atoms with Crippen molar-refractivity contribution in [1.82, 2.24) is 9.44 Å². The Balaban J connectivity index is 2.46. The molecule has 100 valence electrons. The Morgan fingerprint density at radius 1 is 1.47 bits per heavy atom. The van der Waals surface area contributed by atoms with Crippen LogP contribution >= 0.6 is 0 Å². The minimum absolute atomic E-state index is 0.178. The zero-order valence-electron chi connectivity index (χ0n) is 9.43. The molecule has 0 atom stereocenters. The molecule has 9 heteroatoms. The van der Waals surface area contributed by atoms with E-state index in [-0.39, 0.29) is 6.54 Å². The fourth-order valence-corrected chi connectivity index (χ4v) is 2.18. The van der Waals surface area contributed by atoms with Gasteiger partial charge < -0.3 is 14.6 Å². The number of rotatable bonds is 4. The molecule has 0 saturated carbocycles. The quantitative estimate of drug-likeness (QED) is 0.585. The van der Waals surface area contributed by atoms with Crippen molar-refractivity contribution in [1.29, 1.82) is 0 Å². The molecule has 1 amide bonds. The van der Waals surface area contributed by atoms with Crippen LogP contribution in [0.4, 0.5) is 4.79 Å². The van der Waals surface area contributed by atoms with Crippen LogP contribution in [-0.2, 0) is 19.7 Å². The summed E-state index contributed by atoms with van der Waals surface area (Å²) in [6.07, 6.45) is -0.405. The van der Waals surface area contributed by atoms with E-state index < -0.39 is 21.9 Å². The highest BCUT2D eigenvalue weighted by atomic mass is 32.2. The summed E-state index contributed by atoms with van der Waals surface area (Å²) in [5, 5.41) is 9.98. The third-order valence-corrected chi connectivity index (χ3v) is 3.38. The molecule has 1 aliphatic heterocycles. The Hall–Kier alpha value is -0.900. The van der Waals surface area contributed by atoms with E-state index in [1.165, 1.54) is 0 Å². The van der Waals surface area contributed by atoms with Crippen LogP contribution in [0, 0.1) is 0 Å². The summed E-state index contributed by atoms with van der Waals surface area (Å²) in [5.41, 5.74) is -1.14. The molecule has 17 heavy (non-hydrogen) atoms. The minimum atomic E-state index is -4.01. The number of hydrogen-bond donors (Lipinski definition) is 3. The molecular weight excluding hydrogens is 252 g/mol. The first-order valence-electron chi connectivity index (χ1n) is 5.02. The maximum atomic E-state index is 11.3. The molecule has 1 fully saturated rings. The van der Waals surface area contributed by atoms with E-state index in [4.69, 9.17) is 4.74 Å². The Morgan fingerprint density at radius 2 is 2.06 bits per heavy atom. The first-order valence-corrected chi connectivity index (χ1v) is 6.51. The van der Waals surface area contributed by atoms with Crippen molar-refractivity contribution in [3.8, 4) is 0 Å². The number of aliphatic hydroxyl groups is 1. The van der Waals surface area contributed by atoms with Crippen molar-refractivity contribution in [2.75, 3.05) is 26.9 Å². The number of amides is 1. The predicted octanol–water partition coefficient (Wildman–Crippen LogP) is -1.28. The third kappa shape index (κ3) is 4.86. The molecule has 1 heterocycles. The van der Waals surface area contributed by atoms with Crippen LogP contribution in [0.3, 0.4) is 0 Å². The van der Waals surface area contributed by atoms with Gasteiger partial charge in [-0.15, -0.1) is 0 Å². The second-order valence-corrected chi connectivity index (χ2v) is 5.25. The van der Waals surface area contributed by atoms with Gasteiger partial charge in [0.2, 0.25) is 0 Å². The van der Waals surface area contributed by atoms with E-state index in [0.717, 1.165) is 7.11 Å². The SMILES string of the molecule is COC(=O)NS(=O)(=O)NCC1(O)CCOCC1. The molecule has 1 saturated heterocycles. The smallest absolute Gasteiger partial charge is 0.421 e. The van der Waals surface area contributed by atoms with Gasteiger partial charge in [0.05, 0.1) is 12.7 Å². The topological polar surface area (TPSA) is 114 Å². The fraction of sp³-hybridized carbons (Fsp3) is 0.875. The van der Waals surface area contributed by atoms with Gasteiger partial charge in [0.15, 0.2) is 0 Å². The van der Waals surface area contributed by atoms with Gasteiger partial charge in [0, 0.05) is 32.6 Å². The lowest BCUT2D eigenvalue weighted by atomic mass is 9.95. The summed E-state index contributed by atoms with van der Waals surface area (Å²) in [6.45, 7) is 0.577.